The van der Waals surface area contributed by atoms with Crippen molar-refractivity contribution in [1.82, 2.24) is 0 Å². The molecule has 28 heavy (non-hydrogen) atoms. The highest BCUT2D eigenvalue weighted by Crippen LogP contribution is 2.38. The van der Waals surface area contributed by atoms with Crippen molar-refractivity contribution in [3.05, 3.63) is 99.3 Å². The molecular weight excluding hydrogens is 372 g/mol. The lowest BCUT2D eigenvalue weighted by atomic mass is 10.0. The van der Waals surface area contributed by atoms with Crippen LogP contribution in [0, 0.1) is 13.8 Å². The van der Waals surface area contributed by atoms with Gasteiger partial charge in [-0.05, 0) is 48.7 Å². The fourth-order valence-electron chi connectivity index (χ4n) is 3.15. The molecule has 1 aliphatic rings. The molecule has 0 aliphatic carbocycles. The molecule has 3 aromatic carbocycles. The first-order chi connectivity index (χ1) is 13.5. The van der Waals surface area contributed by atoms with Crippen molar-refractivity contribution in [3.8, 4) is 11.5 Å². The Labute approximate surface area is 169 Å². The summed E-state index contributed by atoms with van der Waals surface area (Å²) in [5, 5.41) is 0.571. The molecule has 4 heteroatoms. The molecule has 0 saturated carbocycles. The highest BCUT2D eigenvalue weighted by molar-refractivity contribution is 6.32. The Morgan fingerprint density at radius 1 is 1.04 bits per heavy atom. The van der Waals surface area contributed by atoms with Crippen LogP contribution in [0.25, 0.3) is 6.08 Å². The van der Waals surface area contributed by atoms with E-state index in [-0.39, 0.29) is 11.5 Å². The number of fused-ring (bicyclic) bond motifs is 1. The summed E-state index contributed by atoms with van der Waals surface area (Å²) in [7, 11) is 0. The lowest BCUT2D eigenvalue weighted by Gasteiger charge is -2.09. The summed E-state index contributed by atoms with van der Waals surface area (Å²) in [6, 6.07) is 19.2. The Bertz CT molecular complexity index is 1080. The molecule has 1 aliphatic heterocycles. The topological polar surface area (TPSA) is 35.5 Å². The molecule has 0 atom stereocenters. The normalized spacial score (nSPS) is 14.1. The van der Waals surface area contributed by atoms with Crippen LogP contribution in [0.15, 0.2) is 66.4 Å². The van der Waals surface area contributed by atoms with Crippen LogP contribution >= 0.6 is 11.6 Å². The summed E-state index contributed by atoms with van der Waals surface area (Å²) in [6.45, 7) is 4.39. The van der Waals surface area contributed by atoms with Crippen LogP contribution < -0.4 is 9.47 Å². The SMILES string of the molecule is Cc1ccc(COc2cc(C)c3c(c2)O/C(=C\c2ccccc2Cl)C3=O)cc1. The van der Waals surface area contributed by atoms with Crippen LogP contribution in [0.1, 0.15) is 32.6 Å². The minimum Gasteiger partial charge on any atom is -0.489 e. The van der Waals surface area contributed by atoms with Gasteiger partial charge in [-0.3, -0.25) is 4.79 Å². The predicted molar refractivity (Wildman–Crippen MR) is 111 cm³/mol. The number of halogens is 1. The predicted octanol–water partition coefficient (Wildman–Crippen LogP) is 6.15. The van der Waals surface area contributed by atoms with Crippen LogP contribution in [0.4, 0.5) is 0 Å². The number of carbonyl (C=O) groups excluding carboxylic acids is 1. The Kier molecular flexibility index (Phi) is 4.93. The number of aryl methyl sites for hydroxylation is 2. The van der Waals surface area contributed by atoms with E-state index in [9.17, 15) is 4.79 Å². The standard InChI is InChI=1S/C24H19ClO3/c1-15-7-9-17(10-8-15)14-27-19-11-16(2)23-21(13-19)28-22(24(23)26)12-18-5-3-4-6-20(18)25/h3-13H,14H2,1-2H3/b22-12-. The molecule has 3 nitrogen and oxygen atoms in total. The molecular formula is C24H19ClO3. The molecule has 0 saturated heterocycles. The van der Waals surface area contributed by atoms with Crippen molar-refractivity contribution in [2.75, 3.05) is 0 Å². The van der Waals surface area contributed by atoms with Crippen LogP contribution in [0.5, 0.6) is 11.5 Å². The van der Waals surface area contributed by atoms with Gasteiger partial charge in [0.1, 0.15) is 18.1 Å². The van der Waals surface area contributed by atoms with Gasteiger partial charge in [-0.2, -0.15) is 0 Å². The number of benzene rings is 3. The van der Waals surface area contributed by atoms with E-state index in [0.29, 0.717) is 28.7 Å². The van der Waals surface area contributed by atoms with E-state index in [0.717, 1.165) is 16.7 Å². The number of ketones is 1. The van der Waals surface area contributed by atoms with Crippen LogP contribution in [0.2, 0.25) is 5.02 Å². The zero-order valence-electron chi connectivity index (χ0n) is 15.7. The monoisotopic (exact) mass is 390 g/mol. The van der Waals surface area contributed by atoms with E-state index in [1.807, 2.05) is 43.3 Å². The van der Waals surface area contributed by atoms with Crippen LogP contribution in [-0.4, -0.2) is 5.78 Å². The van der Waals surface area contributed by atoms with Gasteiger partial charge in [0.2, 0.25) is 5.78 Å². The van der Waals surface area contributed by atoms with Gasteiger partial charge in [-0.15, -0.1) is 0 Å². The van der Waals surface area contributed by atoms with Gasteiger partial charge in [0.15, 0.2) is 5.76 Å². The van der Waals surface area contributed by atoms with Gasteiger partial charge in [0, 0.05) is 11.1 Å². The third kappa shape index (κ3) is 3.67. The summed E-state index contributed by atoms with van der Waals surface area (Å²) in [4.78, 5) is 12.8. The quantitative estimate of drug-likeness (QED) is 0.501. The summed E-state index contributed by atoms with van der Waals surface area (Å²) in [5.41, 5.74) is 4.43. The maximum Gasteiger partial charge on any atom is 0.232 e. The number of ether oxygens (including phenoxy) is 2. The van der Waals surface area contributed by atoms with Crippen molar-refractivity contribution in [3.63, 3.8) is 0 Å². The van der Waals surface area contributed by atoms with Crippen LogP contribution in [0.3, 0.4) is 0 Å². The minimum atomic E-state index is -0.141. The first-order valence-electron chi connectivity index (χ1n) is 9.03. The summed E-state index contributed by atoms with van der Waals surface area (Å²) in [5.74, 6) is 1.31. The average molecular weight is 391 g/mol. The molecule has 0 fully saturated rings. The highest BCUT2D eigenvalue weighted by atomic mass is 35.5. The van der Waals surface area contributed by atoms with Crippen molar-refractivity contribution < 1.29 is 14.3 Å². The molecule has 0 bridgehead atoms. The smallest absolute Gasteiger partial charge is 0.232 e. The van der Waals surface area contributed by atoms with Crippen molar-refractivity contribution in [1.29, 1.82) is 0 Å². The molecule has 3 aromatic rings. The molecule has 0 unspecified atom stereocenters. The largest absolute Gasteiger partial charge is 0.489 e. The zero-order chi connectivity index (χ0) is 19.7. The maximum absolute atomic E-state index is 12.8. The van der Waals surface area contributed by atoms with E-state index in [2.05, 4.69) is 19.1 Å². The first-order valence-corrected chi connectivity index (χ1v) is 9.41. The van der Waals surface area contributed by atoms with Gasteiger partial charge in [-0.1, -0.05) is 59.6 Å². The van der Waals surface area contributed by atoms with Crippen molar-refractivity contribution in [2.24, 2.45) is 0 Å². The lowest BCUT2D eigenvalue weighted by Crippen LogP contribution is -2.00. The summed E-state index contributed by atoms with van der Waals surface area (Å²) in [6.07, 6.45) is 1.68. The van der Waals surface area contributed by atoms with E-state index >= 15 is 0 Å². The van der Waals surface area contributed by atoms with E-state index in [1.54, 1.807) is 18.2 Å². The Morgan fingerprint density at radius 3 is 2.54 bits per heavy atom. The fourth-order valence-corrected chi connectivity index (χ4v) is 3.34. The van der Waals surface area contributed by atoms with E-state index < -0.39 is 0 Å². The van der Waals surface area contributed by atoms with Gasteiger partial charge in [0.25, 0.3) is 0 Å². The number of carbonyl (C=O) groups is 1. The molecule has 1 heterocycles. The third-order valence-electron chi connectivity index (χ3n) is 4.66. The number of hydrogen-bond acceptors (Lipinski definition) is 3. The number of hydrogen-bond donors (Lipinski definition) is 0. The lowest BCUT2D eigenvalue weighted by molar-refractivity contribution is 0.101. The number of rotatable bonds is 4. The van der Waals surface area contributed by atoms with E-state index in [4.69, 9.17) is 21.1 Å². The van der Waals surface area contributed by atoms with Gasteiger partial charge in [-0.25, -0.2) is 0 Å². The first kappa shape index (κ1) is 18.3. The van der Waals surface area contributed by atoms with Gasteiger partial charge < -0.3 is 9.47 Å². The number of Topliss-reactive ketones (excluding diaryl/α,β-unsaturated/α-hetero) is 1. The second-order valence-corrected chi connectivity index (χ2v) is 7.26. The highest BCUT2D eigenvalue weighted by Gasteiger charge is 2.30. The Balaban J connectivity index is 1.57. The van der Waals surface area contributed by atoms with Gasteiger partial charge >= 0.3 is 0 Å². The number of allylic oxidation sites excluding steroid dienone is 1. The Hall–Kier alpha value is -3.04. The van der Waals surface area contributed by atoms with Crippen LogP contribution in [-0.2, 0) is 6.61 Å². The van der Waals surface area contributed by atoms with Crippen molar-refractivity contribution >= 4 is 23.5 Å². The second kappa shape index (κ2) is 7.53. The molecule has 0 amide bonds. The molecule has 140 valence electrons. The molecule has 0 spiro atoms. The third-order valence-corrected chi connectivity index (χ3v) is 5.01. The zero-order valence-corrected chi connectivity index (χ0v) is 16.4. The Morgan fingerprint density at radius 2 is 1.79 bits per heavy atom. The van der Waals surface area contributed by atoms with Crippen molar-refractivity contribution in [2.45, 2.75) is 20.5 Å². The molecule has 0 radical (unpaired) electrons. The summed E-state index contributed by atoms with van der Waals surface area (Å²) >= 11 is 6.20. The molecule has 4 rings (SSSR count). The maximum atomic E-state index is 12.8. The fraction of sp³-hybridized carbons (Fsp3) is 0.125. The summed E-state index contributed by atoms with van der Waals surface area (Å²) < 4.78 is 11.8. The molecule has 0 aromatic heterocycles. The van der Waals surface area contributed by atoms with Gasteiger partial charge in [0.05, 0.1) is 5.56 Å². The van der Waals surface area contributed by atoms with E-state index in [1.165, 1.54) is 5.56 Å². The second-order valence-electron chi connectivity index (χ2n) is 6.85. The average Bonchev–Trinajstić information content (AvgIpc) is 2.99. The molecule has 0 N–H and O–H groups in total. The minimum absolute atomic E-state index is 0.141.